The highest BCUT2D eigenvalue weighted by Gasteiger charge is 2.15. The average Bonchev–Trinajstić information content (AvgIpc) is 2.31. The molecule has 1 heterocycles. The van der Waals surface area contributed by atoms with E-state index in [4.69, 9.17) is 5.73 Å². The van der Waals surface area contributed by atoms with Crippen molar-refractivity contribution >= 4 is 21.5 Å². The van der Waals surface area contributed by atoms with Gasteiger partial charge >= 0.3 is 0 Å². The van der Waals surface area contributed by atoms with Crippen LogP contribution in [0.4, 0.5) is 11.5 Å². The van der Waals surface area contributed by atoms with E-state index < -0.39 is 15.6 Å². The molecule has 0 bridgehead atoms. The number of nitrogens with two attached hydrogens (primary N) is 1. The van der Waals surface area contributed by atoms with Gasteiger partial charge in [-0.25, -0.2) is 13.5 Å². The van der Waals surface area contributed by atoms with Crippen molar-refractivity contribution in [2.75, 3.05) is 10.5 Å². The van der Waals surface area contributed by atoms with Gasteiger partial charge in [-0.3, -0.25) is 9.52 Å². The molecule has 8 heteroatoms. The van der Waals surface area contributed by atoms with E-state index in [1.54, 1.807) is 13.0 Å². The molecular formula is C11H12N4O3S. The maximum Gasteiger partial charge on any atom is 0.264 e. The Hall–Kier alpha value is -2.35. The van der Waals surface area contributed by atoms with Gasteiger partial charge in [-0.2, -0.15) is 5.10 Å². The molecule has 7 nitrogen and oxygen atoms in total. The molecule has 1 aromatic heterocycles. The van der Waals surface area contributed by atoms with Crippen LogP contribution in [0.1, 0.15) is 5.56 Å². The highest BCUT2D eigenvalue weighted by molar-refractivity contribution is 7.92. The Morgan fingerprint density at radius 2 is 2.00 bits per heavy atom. The summed E-state index contributed by atoms with van der Waals surface area (Å²) >= 11 is 0. The Labute approximate surface area is 109 Å². The Morgan fingerprint density at radius 3 is 2.58 bits per heavy atom. The van der Waals surface area contributed by atoms with Crippen molar-refractivity contribution in [3.63, 3.8) is 0 Å². The van der Waals surface area contributed by atoms with E-state index in [1.807, 2.05) is 0 Å². The third-order valence-electron chi connectivity index (χ3n) is 2.30. The van der Waals surface area contributed by atoms with Gasteiger partial charge in [-0.15, -0.1) is 0 Å². The predicted molar refractivity (Wildman–Crippen MR) is 71.3 cm³/mol. The molecule has 100 valence electrons. The van der Waals surface area contributed by atoms with Crippen molar-refractivity contribution in [2.45, 2.75) is 11.8 Å². The molecule has 0 saturated heterocycles. The number of sulfonamides is 1. The lowest BCUT2D eigenvalue weighted by Gasteiger charge is -2.08. The molecule has 0 aliphatic rings. The molecule has 0 spiro atoms. The minimum Gasteiger partial charge on any atom is -0.399 e. The number of hydrogen-bond acceptors (Lipinski definition) is 5. The van der Waals surface area contributed by atoms with E-state index in [2.05, 4.69) is 14.9 Å². The Balaban J connectivity index is 2.37. The second kappa shape index (κ2) is 4.73. The number of rotatable bonds is 3. The largest absolute Gasteiger partial charge is 0.399 e. The fourth-order valence-corrected chi connectivity index (χ4v) is 2.67. The molecule has 0 saturated carbocycles. The van der Waals surface area contributed by atoms with Crippen LogP contribution >= 0.6 is 0 Å². The highest BCUT2D eigenvalue weighted by Crippen LogP contribution is 2.18. The standard InChI is InChI=1S/C11H12N4O3S/c1-7-4-8(12)6-9(5-7)19(17,18)15-10-2-3-11(16)14-13-10/h2-6H,12H2,1H3,(H,13,15)(H,14,16). The van der Waals surface area contributed by atoms with Crippen molar-refractivity contribution < 1.29 is 8.42 Å². The Morgan fingerprint density at radius 1 is 1.26 bits per heavy atom. The molecule has 2 aromatic rings. The summed E-state index contributed by atoms with van der Waals surface area (Å²) in [6, 6.07) is 6.95. The molecule has 4 N–H and O–H groups in total. The van der Waals surface area contributed by atoms with Crippen LogP contribution in [0.3, 0.4) is 0 Å². The number of anilines is 2. The first-order valence-electron chi connectivity index (χ1n) is 5.32. The minimum absolute atomic E-state index is 0.0275. The summed E-state index contributed by atoms with van der Waals surface area (Å²) in [5.41, 5.74) is 6.29. The van der Waals surface area contributed by atoms with Crippen LogP contribution in [0.5, 0.6) is 0 Å². The van der Waals surface area contributed by atoms with Crippen molar-refractivity contribution in [3.8, 4) is 0 Å². The van der Waals surface area contributed by atoms with E-state index in [9.17, 15) is 13.2 Å². The quantitative estimate of drug-likeness (QED) is 0.706. The first-order valence-corrected chi connectivity index (χ1v) is 6.81. The maximum absolute atomic E-state index is 12.1. The lowest BCUT2D eigenvalue weighted by atomic mass is 10.2. The van der Waals surface area contributed by atoms with Gasteiger partial charge in [0.1, 0.15) is 0 Å². The van der Waals surface area contributed by atoms with Gasteiger partial charge in [-0.05, 0) is 36.8 Å². The predicted octanol–water partition coefficient (Wildman–Crippen LogP) is 0.461. The van der Waals surface area contributed by atoms with Crippen molar-refractivity contribution in [1.29, 1.82) is 0 Å². The number of aromatic nitrogens is 2. The zero-order valence-electron chi connectivity index (χ0n) is 10.0. The van der Waals surface area contributed by atoms with E-state index in [-0.39, 0.29) is 10.7 Å². The molecule has 0 unspecified atom stereocenters. The van der Waals surface area contributed by atoms with Crippen LogP contribution in [-0.4, -0.2) is 18.6 Å². The van der Waals surface area contributed by atoms with Crippen LogP contribution in [0.2, 0.25) is 0 Å². The summed E-state index contributed by atoms with van der Waals surface area (Å²) < 4.78 is 26.4. The molecular weight excluding hydrogens is 268 g/mol. The molecule has 1 aromatic carbocycles. The SMILES string of the molecule is Cc1cc(N)cc(S(=O)(=O)Nc2ccc(=O)[nH]n2)c1. The van der Waals surface area contributed by atoms with Gasteiger partial charge in [0.2, 0.25) is 0 Å². The van der Waals surface area contributed by atoms with E-state index in [1.165, 1.54) is 24.3 Å². The molecule has 19 heavy (non-hydrogen) atoms. The third-order valence-corrected chi connectivity index (χ3v) is 3.64. The van der Waals surface area contributed by atoms with Crippen LogP contribution < -0.4 is 16.0 Å². The number of benzene rings is 1. The Kier molecular flexibility index (Phi) is 3.26. The van der Waals surface area contributed by atoms with Gasteiger partial charge in [0.05, 0.1) is 4.90 Å². The van der Waals surface area contributed by atoms with E-state index in [0.717, 1.165) is 5.56 Å². The summed E-state index contributed by atoms with van der Waals surface area (Å²) in [6.45, 7) is 1.74. The Bertz CT molecular complexity index is 727. The highest BCUT2D eigenvalue weighted by atomic mass is 32.2. The number of aryl methyl sites for hydroxylation is 1. The fourth-order valence-electron chi connectivity index (χ4n) is 1.53. The summed E-state index contributed by atoms with van der Waals surface area (Å²) in [5.74, 6) is 0.0275. The van der Waals surface area contributed by atoms with Gasteiger partial charge in [-0.1, -0.05) is 0 Å². The first-order chi connectivity index (χ1) is 8.87. The summed E-state index contributed by atoms with van der Waals surface area (Å²) in [4.78, 5) is 10.9. The zero-order valence-corrected chi connectivity index (χ0v) is 10.9. The molecule has 0 aliphatic carbocycles. The van der Waals surface area contributed by atoms with Crippen LogP contribution in [0.15, 0.2) is 40.0 Å². The number of aromatic amines is 1. The summed E-state index contributed by atoms with van der Waals surface area (Å²) in [6.07, 6.45) is 0. The fraction of sp³-hybridized carbons (Fsp3) is 0.0909. The molecule has 0 radical (unpaired) electrons. The lowest BCUT2D eigenvalue weighted by Crippen LogP contribution is -2.16. The lowest BCUT2D eigenvalue weighted by molar-refractivity contribution is 0.601. The van der Waals surface area contributed by atoms with Gasteiger partial charge in [0.15, 0.2) is 5.82 Å². The van der Waals surface area contributed by atoms with Crippen molar-refractivity contribution in [2.24, 2.45) is 0 Å². The maximum atomic E-state index is 12.1. The molecule has 0 atom stereocenters. The summed E-state index contributed by atoms with van der Waals surface area (Å²) in [5, 5.41) is 5.71. The topological polar surface area (TPSA) is 118 Å². The summed E-state index contributed by atoms with van der Waals surface area (Å²) in [7, 11) is -3.79. The number of nitrogen functional groups attached to an aromatic ring is 1. The van der Waals surface area contributed by atoms with Gasteiger partial charge < -0.3 is 5.73 Å². The number of H-pyrrole nitrogens is 1. The van der Waals surface area contributed by atoms with E-state index >= 15 is 0 Å². The number of nitrogens with one attached hydrogen (secondary N) is 2. The van der Waals surface area contributed by atoms with Crippen LogP contribution in [0, 0.1) is 6.92 Å². The average molecular weight is 280 g/mol. The van der Waals surface area contributed by atoms with Crippen molar-refractivity contribution in [3.05, 3.63) is 46.2 Å². The first kappa shape index (κ1) is 13.1. The van der Waals surface area contributed by atoms with Crippen LogP contribution in [-0.2, 0) is 10.0 Å². The normalized spacial score (nSPS) is 11.2. The second-order valence-electron chi connectivity index (χ2n) is 3.99. The second-order valence-corrected chi connectivity index (χ2v) is 5.67. The van der Waals surface area contributed by atoms with Crippen molar-refractivity contribution in [1.82, 2.24) is 10.2 Å². The third kappa shape index (κ3) is 3.10. The molecule has 0 fully saturated rings. The minimum atomic E-state index is -3.79. The van der Waals surface area contributed by atoms with Gasteiger partial charge in [0.25, 0.3) is 15.6 Å². The van der Waals surface area contributed by atoms with Gasteiger partial charge in [0, 0.05) is 11.8 Å². The van der Waals surface area contributed by atoms with E-state index in [0.29, 0.717) is 5.69 Å². The zero-order chi connectivity index (χ0) is 14.0. The molecule has 2 rings (SSSR count). The number of hydrogen-bond donors (Lipinski definition) is 3. The molecule has 0 amide bonds. The smallest absolute Gasteiger partial charge is 0.264 e. The monoisotopic (exact) mass is 280 g/mol. The number of nitrogens with zero attached hydrogens (tertiary/aromatic N) is 1. The van der Waals surface area contributed by atoms with Crippen LogP contribution in [0.25, 0.3) is 0 Å². The molecule has 0 aliphatic heterocycles.